The van der Waals surface area contributed by atoms with Crippen molar-refractivity contribution in [2.24, 2.45) is 11.8 Å². The van der Waals surface area contributed by atoms with Gasteiger partial charge < -0.3 is 10.1 Å². The van der Waals surface area contributed by atoms with Crippen molar-refractivity contribution in [3.8, 4) is 0 Å². The van der Waals surface area contributed by atoms with Gasteiger partial charge in [0.25, 0.3) is 0 Å². The predicted octanol–water partition coefficient (Wildman–Crippen LogP) is 2.37. The number of hydrogen-bond acceptors (Lipinski definition) is 3. The minimum atomic E-state index is 0.623. The van der Waals surface area contributed by atoms with Crippen LogP contribution in [-0.4, -0.2) is 50.3 Å². The first-order valence-electron chi connectivity index (χ1n) is 7.51. The smallest absolute Gasteiger partial charge is 0.0589 e. The molecule has 2 unspecified atom stereocenters. The van der Waals surface area contributed by atoms with E-state index in [1.165, 1.54) is 19.4 Å². The van der Waals surface area contributed by atoms with Gasteiger partial charge in [0.15, 0.2) is 0 Å². The quantitative estimate of drug-likeness (QED) is 0.685. The molecule has 3 heteroatoms. The SMILES string of the molecule is COCCN(C(C)C)C1CCC1CNCC(C)C. The number of rotatable bonds is 9. The molecule has 0 radical (unpaired) electrons. The van der Waals surface area contributed by atoms with Gasteiger partial charge in [-0.05, 0) is 51.6 Å². The molecule has 1 aliphatic rings. The number of methoxy groups -OCH3 is 1. The van der Waals surface area contributed by atoms with Crippen molar-refractivity contribution >= 4 is 0 Å². The van der Waals surface area contributed by atoms with E-state index in [0.717, 1.165) is 37.6 Å². The molecule has 1 N–H and O–H groups in total. The van der Waals surface area contributed by atoms with Crippen LogP contribution in [0, 0.1) is 11.8 Å². The second-order valence-electron chi connectivity index (χ2n) is 6.28. The summed E-state index contributed by atoms with van der Waals surface area (Å²) in [5.74, 6) is 1.58. The van der Waals surface area contributed by atoms with Crippen molar-refractivity contribution in [2.75, 3.05) is 33.4 Å². The Bertz CT molecular complexity index is 219. The summed E-state index contributed by atoms with van der Waals surface area (Å²) in [5, 5.41) is 3.61. The zero-order chi connectivity index (χ0) is 13.5. The topological polar surface area (TPSA) is 24.5 Å². The Hall–Kier alpha value is -0.120. The van der Waals surface area contributed by atoms with E-state index < -0.39 is 0 Å². The second-order valence-corrected chi connectivity index (χ2v) is 6.28. The van der Waals surface area contributed by atoms with Crippen LogP contribution in [0.1, 0.15) is 40.5 Å². The highest BCUT2D eigenvalue weighted by molar-refractivity contribution is 4.91. The van der Waals surface area contributed by atoms with Crippen molar-refractivity contribution in [2.45, 2.75) is 52.6 Å². The third kappa shape index (κ3) is 4.87. The first-order chi connectivity index (χ1) is 8.56. The van der Waals surface area contributed by atoms with Crippen molar-refractivity contribution in [3.05, 3.63) is 0 Å². The number of nitrogens with zero attached hydrogens (tertiary/aromatic N) is 1. The summed E-state index contributed by atoms with van der Waals surface area (Å²) in [6, 6.07) is 1.39. The van der Waals surface area contributed by atoms with Gasteiger partial charge in [-0.2, -0.15) is 0 Å². The number of ether oxygens (including phenoxy) is 1. The van der Waals surface area contributed by atoms with E-state index in [2.05, 4.69) is 37.9 Å². The van der Waals surface area contributed by atoms with Crippen LogP contribution in [0.15, 0.2) is 0 Å². The highest BCUT2D eigenvalue weighted by Gasteiger charge is 2.35. The summed E-state index contributed by atoms with van der Waals surface area (Å²) >= 11 is 0. The molecular weight excluding hydrogens is 224 g/mol. The summed E-state index contributed by atoms with van der Waals surface area (Å²) in [7, 11) is 1.79. The molecule has 1 fully saturated rings. The monoisotopic (exact) mass is 256 g/mol. The summed E-state index contributed by atoms with van der Waals surface area (Å²) in [6.07, 6.45) is 2.74. The van der Waals surface area contributed by atoms with Crippen LogP contribution in [0.2, 0.25) is 0 Å². The van der Waals surface area contributed by atoms with Gasteiger partial charge in [-0.1, -0.05) is 13.8 Å². The summed E-state index contributed by atoms with van der Waals surface area (Å²) in [6.45, 7) is 13.4. The fourth-order valence-corrected chi connectivity index (χ4v) is 2.79. The molecule has 0 heterocycles. The largest absolute Gasteiger partial charge is 0.383 e. The molecule has 1 aliphatic carbocycles. The van der Waals surface area contributed by atoms with Gasteiger partial charge in [0.1, 0.15) is 0 Å². The fourth-order valence-electron chi connectivity index (χ4n) is 2.79. The molecule has 1 rings (SSSR count). The normalized spacial score (nSPS) is 24.0. The van der Waals surface area contributed by atoms with Gasteiger partial charge in [-0.15, -0.1) is 0 Å². The lowest BCUT2D eigenvalue weighted by molar-refractivity contribution is 0.0187. The molecule has 1 saturated carbocycles. The van der Waals surface area contributed by atoms with Crippen LogP contribution in [0.4, 0.5) is 0 Å². The van der Waals surface area contributed by atoms with E-state index in [1.54, 1.807) is 7.11 Å². The van der Waals surface area contributed by atoms with Gasteiger partial charge in [0, 0.05) is 25.7 Å². The Kier molecular flexibility index (Phi) is 7.20. The average molecular weight is 256 g/mol. The maximum atomic E-state index is 5.23. The number of nitrogens with one attached hydrogen (secondary N) is 1. The van der Waals surface area contributed by atoms with E-state index in [-0.39, 0.29) is 0 Å². The summed E-state index contributed by atoms with van der Waals surface area (Å²) in [5.41, 5.74) is 0. The van der Waals surface area contributed by atoms with Crippen LogP contribution >= 0.6 is 0 Å². The maximum Gasteiger partial charge on any atom is 0.0589 e. The molecule has 108 valence electrons. The molecule has 0 bridgehead atoms. The summed E-state index contributed by atoms with van der Waals surface area (Å²) in [4.78, 5) is 2.62. The molecule has 0 saturated heterocycles. The third-order valence-electron chi connectivity index (χ3n) is 3.98. The molecule has 18 heavy (non-hydrogen) atoms. The number of hydrogen-bond donors (Lipinski definition) is 1. The van der Waals surface area contributed by atoms with Gasteiger partial charge >= 0.3 is 0 Å². The lowest BCUT2D eigenvalue weighted by atomic mass is 9.77. The maximum absolute atomic E-state index is 5.23. The van der Waals surface area contributed by atoms with E-state index in [1.807, 2.05) is 0 Å². The Balaban J connectivity index is 2.33. The third-order valence-corrected chi connectivity index (χ3v) is 3.98. The zero-order valence-electron chi connectivity index (χ0n) is 12.9. The molecular formula is C15H32N2O. The van der Waals surface area contributed by atoms with Crippen molar-refractivity contribution in [1.82, 2.24) is 10.2 Å². The lowest BCUT2D eigenvalue weighted by Crippen LogP contribution is -2.54. The molecule has 0 amide bonds. The van der Waals surface area contributed by atoms with E-state index >= 15 is 0 Å². The molecule has 0 spiro atoms. The summed E-state index contributed by atoms with van der Waals surface area (Å²) < 4.78 is 5.23. The minimum absolute atomic E-state index is 0.623. The average Bonchev–Trinajstić information content (AvgIpc) is 2.27. The minimum Gasteiger partial charge on any atom is -0.383 e. The van der Waals surface area contributed by atoms with E-state index in [4.69, 9.17) is 4.74 Å². The first kappa shape index (κ1) is 15.9. The zero-order valence-corrected chi connectivity index (χ0v) is 12.9. The fraction of sp³-hybridized carbons (Fsp3) is 1.00. The highest BCUT2D eigenvalue weighted by Crippen LogP contribution is 2.32. The van der Waals surface area contributed by atoms with E-state index in [0.29, 0.717) is 6.04 Å². The standard InChI is InChI=1S/C15H32N2O/c1-12(2)10-16-11-14-6-7-15(14)17(13(3)4)8-9-18-5/h12-16H,6-11H2,1-5H3. The Morgan fingerprint density at radius 2 is 1.94 bits per heavy atom. The molecule has 0 aromatic heterocycles. The van der Waals surface area contributed by atoms with Crippen LogP contribution in [0.25, 0.3) is 0 Å². The molecule has 0 aliphatic heterocycles. The van der Waals surface area contributed by atoms with Crippen LogP contribution in [0.5, 0.6) is 0 Å². The molecule has 0 aromatic carbocycles. The van der Waals surface area contributed by atoms with Gasteiger partial charge in [0.2, 0.25) is 0 Å². The van der Waals surface area contributed by atoms with Gasteiger partial charge in [-0.3, -0.25) is 4.90 Å². The Morgan fingerprint density at radius 1 is 1.22 bits per heavy atom. The van der Waals surface area contributed by atoms with Crippen molar-refractivity contribution in [1.29, 1.82) is 0 Å². The predicted molar refractivity (Wildman–Crippen MR) is 77.9 cm³/mol. The Labute approximate surface area is 113 Å². The van der Waals surface area contributed by atoms with Crippen LogP contribution in [0.3, 0.4) is 0 Å². The molecule has 0 aromatic rings. The van der Waals surface area contributed by atoms with E-state index in [9.17, 15) is 0 Å². The molecule has 3 nitrogen and oxygen atoms in total. The second kappa shape index (κ2) is 8.13. The van der Waals surface area contributed by atoms with Crippen molar-refractivity contribution < 1.29 is 4.74 Å². The Morgan fingerprint density at radius 3 is 2.39 bits per heavy atom. The van der Waals surface area contributed by atoms with Crippen molar-refractivity contribution in [3.63, 3.8) is 0 Å². The van der Waals surface area contributed by atoms with Crippen LogP contribution in [-0.2, 0) is 4.74 Å². The first-order valence-corrected chi connectivity index (χ1v) is 7.51. The van der Waals surface area contributed by atoms with Gasteiger partial charge in [0.05, 0.1) is 6.61 Å². The lowest BCUT2D eigenvalue weighted by Gasteiger charge is -2.46. The van der Waals surface area contributed by atoms with Crippen LogP contribution < -0.4 is 5.32 Å². The molecule has 2 atom stereocenters. The highest BCUT2D eigenvalue weighted by atomic mass is 16.5. The van der Waals surface area contributed by atoms with Gasteiger partial charge in [-0.25, -0.2) is 0 Å².